The Labute approximate surface area is 200 Å². The molecule has 1 saturated heterocycles. The van der Waals surface area contributed by atoms with Gasteiger partial charge in [0.05, 0.1) is 36.2 Å². The fraction of sp³-hybridized carbons (Fsp3) is 0.261. The maximum absolute atomic E-state index is 15.1. The monoisotopic (exact) mass is 509 g/mol. The smallest absolute Gasteiger partial charge is 0.378 e. The summed E-state index contributed by atoms with van der Waals surface area (Å²) >= 11 is 0. The van der Waals surface area contributed by atoms with E-state index in [4.69, 9.17) is 10.00 Å². The molecular weight excluding hydrogens is 492 g/mol. The SMILES string of the molecule is Cc1c(F)c(NC(=O)c2cc(C(F)(F)F)nn2-c2cccc(C#N)c2)c(F)c(F)c1N1CCOCC1. The van der Waals surface area contributed by atoms with Gasteiger partial charge in [0.25, 0.3) is 5.91 Å². The highest BCUT2D eigenvalue weighted by Crippen LogP contribution is 2.36. The van der Waals surface area contributed by atoms with Crippen LogP contribution < -0.4 is 10.2 Å². The van der Waals surface area contributed by atoms with Crippen molar-refractivity contribution in [2.75, 3.05) is 36.5 Å². The van der Waals surface area contributed by atoms with Gasteiger partial charge in [-0.2, -0.15) is 23.5 Å². The van der Waals surface area contributed by atoms with Gasteiger partial charge < -0.3 is 15.0 Å². The highest BCUT2D eigenvalue weighted by molar-refractivity contribution is 6.04. The molecule has 3 aromatic rings. The normalized spacial score (nSPS) is 14.0. The number of carbonyl (C=O) groups excluding carboxylic acids is 1. The zero-order valence-electron chi connectivity index (χ0n) is 18.6. The number of carbonyl (C=O) groups is 1. The molecule has 0 aliphatic carbocycles. The molecular formula is C23H17F6N5O2. The van der Waals surface area contributed by atoms with Crippen LogP contribution in [0, 0.1) is 35.7 Å². The zero-order chi connectivity index (χ0) is 26.2. The molecule has 1 aliphatic rings. The molecule has 188 valence electrons. The molecule has 1 amide bonds. The number of nitrogens with zero attached hydrogens (tertiary/aromatic N) is 4. The second kappa shape index (κ2) is 9.54. The summed E-state index contributed by atoms with van der Waals surface area (Å²) in [7, 11) is 0. The molecule has 1 N–H and O–H groups in total. The van der Waals surface area contributed by atoms with Crippen molar-refractivity contribution >= 4 is 17.3 Å². The average molecular weight is 509 g/mol. The van der Waals surface area contributed by atoms with Crippen LogP contribution in [-0.2, 0) is 10.9 Å². The minimum absolute atomic E-state index is 0.0661. The van der Waals surface area contributed by atoms with Gasteiger partial charge in [-0.25, -0.2) is 17.9 Å². The lowest BCUT2D eigenvalue weighted by molar-refractivity contribution is -0.141. The van der Waals surface area contributed by atoms with Crippen molar-refractivity contribution in [2.45, 2.75) is 13.1 Å². The van der Waals surface area contributed by atoms with Crippen LogP contribution in [-0.4, -0.2) is 42.0 Å². The van der Waals surface area contributed by atoms with Crippen LogP contribution in [0.3, 0.4) is 0 Å². The molecule has 4 rings (SSSR count). The summed E-state index contributed by atoms with van der Waals surface area (Å²) in [4.78, 5) is 14.3. The maximum atomic E-state index is 15.1. The summed E-state index contributed by atoms with van der Waals surface area (Å²) in [6, 6.07) is 7.38. The molecule has 0 bridgehead atoms. The van der Waals surface area contributed by atoms with Gasteiger partial charge in [-0.15, -0.1) is 0 Å². The molecule has 2 aromatic carbocycles. The summed E-state index contributed by atoms with van der Waals surface area (Å²) in [6.07, 6.45) is -4.95. The van der Waals surface area contributed by atoms with Crippen molar-refractivity contribution in [1.29, 1.82) is 5.26 Å². The number of nitriles is 1. The van der Waals surface area contributed by atoms with Gasteiger partial charge in [-0.1, -0.05) is 6.07 Å². The van der Waals surface area contributed by atoms with Crippen LogP contribution in [0.5, 0.6) is 0 Å². The summed E-state index contributed by atoms with van der Waals surface area (Å²) in [5.74, 6) is -5.78. The maximum Gasteiger partial charge on any atom is 0.435 e. The van der Waals surface area contributed by atoms with Crippen LogP contribution in [0.1, 0.15) is 27.3 Å². The second-order valence-electron chi connectivity index (χ2n) is 7.83. The first-order chi connectivity index (χ1) is 17.0. The number of ether oxygens (including phenoxy) is 1. The molecule has 0 saturated carbocycles. The highest BCUT2D eigenvalue weighted by Gasteiger charge is 2.37. The number of benzene rings is 2. The Morgan fingerprint density at radius 2 is 1.81 bits per heavy atom. The molecule has 2 heterocycles. The quantitative estimate of drug-likeness (QED) is 0.412. The van der Waals surface area contributed by atoms with Crippen LogP contribution in [0.15, 0.2) is 30.3 Å². The number of rotatable bonds is 4. The van der Waals surface area contributed by atoms with Gasteiger partial charge in [0.1, 0.15) is 11.4 Å². The van der Waals surface area contributed by atoms with E-state index < -0.39 is 46.6 Å². The lowest BCUT2D eigenvalue weighted by Gasteiger charge is -2.31. The van der Waals surface area contributed by atoms with Gasteiger partial charge >= 0.3 is 6.18 Å². The first-order valence-corrected chi connectivity index (χ1v) is 10.5. The minimum atomic E-state index is -4.95. The summed E-state index contributed by atoms with van der Waals surface area (Å²) in [5, 5.41) is 14.3. The van der Waals surface area contributed by atoms with Crippen LogP contribution in [0.25, 0.3) is 5.69 Å². The largest absolute Gasteiger partial charge is 0.435 e. The van der Waals surface area contributed by atoms with Crippen molar-refractivity contribution < 1.29 is 35.9 Å². The number of nitrogens with one attached hydrogen (secondary N) is 1. The number of hydrogen-bond acceptors (Lipinski definition) is 5. The van der Waals surface area contributed by atoms with Crippen molar-refractivity contribution in [3.63, 3.8) is 0 Å². The standard InChI is InChI=1S/C23H17F6N5O2/c1-12-17(24)20(18(25)19(26)21(12)33-5-7-36-8-6-33)31-22(35)15-10-16(23(27,28)29)32-34(15)14-4-2-3-13(9-14)11-30/h2-4,9-10H,5-8H2,1H3,(H,31,35). The number of alkyl halides is 3. The van der Waals surface area contributed by atoms with E-state index in [-0.39, 0.29) is 48.8 Å². The predicted molar refractivity (Wildman–Crippen MR) is 115 cm³/mol. The van der Waals surface area contributed by atoms with Crippen LogP contribution in [0.4, 0.5) is 37.7 Å². The highest BCUT2D eigenvalue weighted by atomic mass is 19.4. The van der Waals surface area contributed by atoms with Crippen LogP contribution >= 0.6 is 0 Å². The van der Waals surface area contributed by atoms with E-state index in [2.05, 4.69) is 5.10 Å². The number of aromatic nitrogens is 2. The fourth-order valence-corrected chi connectivity index (χ4v) is 3.80. The van der Waals surface area contributed by atoms with Gasteiger partial charge in [0.2, 0.25) is 0 Å². The molecule has 1 aromatic heterocycles. The Morgan fingerprint density at radius 1 is 1.11 bits per heavy atom. The third-order valence-corrected chi connectivity index (χ3v) is 5.54. The molecule has 1 fully saturated rings. The number of halogens is 6. The van der Waals surface area contributed by atoms with Crippen molar-refractivity contribution in [3.8, 4) is 11.8 Å². The topological polar surface area (TPSA) is 83.2 Å². The van der Waals surface area contributed by atoms with E-state index in [1.165, 1.54) is 36.1 Å². The number of morpholine rings is 1. The lowest BCUT2D eigenvalue weighted by Crippen LogP contribution is -2.37. The first-order valence-electron chi connectivity index (χ1n) is 10.5. The Kier molecular flexibility index (Phi) is 6.64. The van der Waals surface area contributed by atoms with E-state index in [0.717, 1.165) is 0 Å². The van der Waals surface area contributed by atoms with Gasteiger partial charge in [-0.3, -0.25) is 4.79 Å². The summed E-state index contributed by atoms with van der Waals surface area (Å²) < 4.78 is 90.8. The summed E-state index contributed by atoms with van der Waals surface area (Å²) in [6.45, 7) is 2.00. The minimum Gasteiger partial charge on any atom is -0.378 e. The van der Waals surface area contributed by atoms with E-state index >= 15 is 4.39 Å². The Balaban J connectivity index is 1.76. The molecule has 0 atom stereocenters. The number of hydrogen-bond donors (Lipinski definition) is 1. The van der Waals surface area contributed by atoms with Gasteiger partial charge in [0, 0.05) is 24.7 Å². The number of amides is 1. The molecule has 1 aliphatic heterocycles. The summed E-state index contributed by atoms with van der Waals surface area (Å²) in [5.41, 5.74) is -4.00. The molecule has 0 unspecified atom stereocenters. The third kappa shape index (κ3) is 4.59. The Bertz CT molecular complexity index is 1340. The molecule has 13 heteroatoms. The van der Waals surface area contributed by atoms with E-state index in [0.29, 0.717) is 10.7 Å². The Hall–Kier alpha value is -4.05. The number of anilines is 2. The first kappa shape index (κ1) is 25.1. The van der Waals surface area contributed by atoms with E-state index in [9.17, 15) is 26.7 Å². The molecule has 36 heavy (non-hydrogen) atoms. The van der Waals surface area contributed by atoms with Crippen molar-refractivity contribution in [1.82, 2.24) is 9.78 Å². The van der Waals surface area contributed by atoms with Crippen LogP contribution in [0.2, 0.25) is 0 Å². The zero-order valence-corrected chi connectivity index (χ0v) is 18.6. The van der Waals surface area contributed by atoms with Gasteiger partial charge in [-0.05, 0) is 25.1 Å². The van der Waals surface area contributed by atoms with Crippen molar-refractivity contribution in [2.24, 2.45) is 0 Å². The van der Waals surface area contributed by atoms with E-state index in [1.54, 1.807) is 6.07 Å². The van der Waals surface area contributed by atoms with Gasteiger partial charge in [0.15, 0.2) is 23.1 Å². The molecule has 0 spiro atoms. The molecule has 7 nitrogen and oxygen atoms in total. The Morgan fingerprint density at radius 3 is 2.44 bits per heavy atom. The molecule has 0 radical (unpaired) electrons. The average Bonchev–Trinajstić information content (AvgIpc) is 3.33. The second-order valence-corrected chi connectivity index (χ2v) is 7.83. The predicted octanol–water partition coefficient (Wildman–Crippen LogP) is 4.58. The van der Waals surface area contributed by atoms with Crippen molar-refractivity contribution in [3.05, 3.63) is 70.3 Å². The lowest BCUT2D eigenvalue weighted by atomic mass is 10.1. The fourth-order valence-electron chi connectivity index (χ4n) is 3.80. The van der Waals surface area contributed by atoms with E-state index in [1.807, 2.05) is 5.32 Å². The third-order valence-electron chi connectivity index (χ3n) is 5.54.